The Hall–Kier alpha value is -2.79. The Balaban J connectivity index is 1.21. The molecule has 0 unspecified atom stereocenters. The first-order chi connectivity index (χ1) is 18.5. The second kappa shape index (κ2) is 9.15. The van der Waals surface area contributed by atoms with Gasteiger partial charge in [0, 0.05) is 33.7 Å². The number of aromatic amines is 1. The summed E-state index contributed by atoms with van der Waals surface area (Å²) in [6.07, 6.45) is 9.15. The number of H-pyrrole nitrogens is 1. The second-order valence-corrected chi connectivity index (χ2v) is 12.7. The third kappa shape index (κ3) is 3.88. The molecule has 1 aliphatic heterocycles. The summed E-state index contributed by atoms with van der Waals surface area (Å²) in [5, 5.41) is 4.72. The molecule has 0 radical (unpaired) electrons. The Morgan fingerprint density at radius 3 is 2.29 bits per heavy atom. The number of halogens is 1. The van der Waals surface area contributed by atoms with Crippen LogP contribution in [0, 0.1) is 17.8 Å². The fraction of sp³-hybridized carbons (Fsp3) is 0.500. The number of para-hydroxylation sites is 1. The predicted octanol–water partition coefficient (Wildman–Crippen LogP) is 6.36. The van der Waals surface area contributed by atoms with Gasteiger partial charge in [0.1, 0.15) is 5.88 Å². The summed E-state index contributed by atoms with van der Waals surface area (Å²) in [7, 11) is 0. The van der Waals surface area contributed by atoms with Crippen LogP contribution in [-0.2, 0) is 11.2 Å². The highest BCUT2D eigenvalue weighted by molar-refractivity contribution is 6.27. The minimum Gasteiger partial charge on any atom is -0.356 e. The van der Waals surface area contributed by atoms with E-state index in [-0.39, 0.29) is 35.3 Å². The van der Waals surface area contributed by atoms with Crippen molar-refractivity contribution in [3.63, 3.8) is 0 Å². The van der Waals surface area contributed by atoms with Gasteiger partial charge < -0.3 is 15.2 Å². The van der Waals surface area contributed by atoms with E-state index in [9.17, 15) is 9.59 Å². The van der Waals surface area contributed by atoms with Gasteiger partial charge >= 0.3 is 0 Å². The first kappa shape index (κ1) is 24.3. The van der Waals surface area contributed by atoms with Crippen molar-refractivity contribution in [2.45, 2.75) is 75.9 Å². The molecule has 198 valence electrons. The van der Waals surface area contributed by atoms with Crippen molar-refractivity contribution in [2.75, 3.05) is 5.88 Å². The average molecular weight is 530 g/mol. The average Bonchev–Trinajstić information content (AvgIpc) is 3.29. The SMILES string of the molecule is CC[C@H]1Cc2c([nH]c3ccccc23)[C@H](c2ccc(C(=O)NC34CC5CC(CC(C5)C3)C4)cc2)N1C(=O)CCl. The van der Waals surface area contributed by atoms with E-state index in [0.717, 1.165) is 66.6 Å². The molecule has 5 aliphatic rings. The van der Waals surface area contributed by atoms with Gasteiger partial charge in [-0.25, -0.2) is 0 Å². The number of carbonyl (C=O) groups is 2. The van der Waals surface area contributed by atoms with E-state index in [1.165, 1.54) is 30.2 Å². The second-order valence-electron chi connectivity index (χ2n) is 12.4. The van der Waals surface area contributed by atoms with Crippen molar-refractivity contribution < 1.29 is 9.59 Å². The molecule has 6 heteroatoms. The van der Waals surface area contributed by atoms with Crippen molar-refractivity contribution in [2.24, 2.45) is 17.8 Å². The number of fused-ring (bicyclic) bond motifs is 3. The number of amides is 2. The topological polar surface area (TPSA) is 65.2 Å². The van der Waals surface area contributed by atoms with Crippen LogP contribution in [0.15, 0.2) is 48.5 Å². The molecule has 2 heterocycles. The van der Waals surface area contributed by atoms with Crippen molar-refractivity contribution in [1.82, 2.24) is 15.2 Å². The number of nitrogens with zero attached hydrogens (tertiary/aromatic N) is 1. The highest BCUT2D eigenvalue weighted by Gasteiger charge is 2.51. The number of nitrogens with one attached hydrogen (secondary N) is 2. The smallest absolute Gasteiger partial charge is 0.251 e. The molecular weight excluding hydrogens is 494 g/mol. The number of hydrogen-bond acceptors (Lipinski definition) is 2. The molecule has 0 saturated heterocycles. The summed E-state index contributed by atoms with van der Waals surface area (Å²) in [5.41, 5.74) is 5.11. The normalized spacial score (nSPS) is 31.4. The van der Waals surface area contributed by atoms with Crippen molar-refractivity contribution in [1.29, 1.82) is 0 Å². The molecule has 0 spiro atoms. The maximum Gasteiger partial charge on any atom is 0.251 e. The number of carbonyl (C=O) groups excluding carboxylic acids is 2. The van der Waals surface area contributed by atoms with Gasteiger partial charge in [0.2, 0.25) is 5.91 Å². The van der Waals surface area contributed by atoms with E-state index >= 15 is 0 Å². The van der Waals surface area contributed by atoms with Gasteiger partial charge in [-0.2, -0.15) is 0 Å². The van der Waals surface area contributed by atoms with Crippen LogP contribution >= 0.6 is 11.6 Å². The summed E-state index contributed by atoms with van der Waals surface area (Å²) in [6.45, 7) is 2.13. The monoisotopic (exact) mass is 529 g/mol. The molecule has 4 saturated carbocycles. The molecule has 8 rings (SSSR count). The lowest BCUT2D eigenvalue weighted by Crippen LogP contribution is -2.59. The molecule has 4 bridgehead atoms. The molecule has 2 aromatic carbocycles. The van der Waals surface area contributed by atoms with Crippen LogP contribution in [0.5, 0.6) is 0 Å². The van der Waals surface area contributed by atoms with Gasteiger partial charge in [0.15, 0.2) is 0 Å². The maximum absolute atomic E-state index is 13.5. The van der Waals surface area contributed by atoms with E-state index in [1.807, 2.05) is 35.2 Å². The number of aromatic nitrogens is 1. The maximum atomic E-state index is 13.5. The van der Waals surface area contributed by atoms with Gasteiger partial charge in [0.05, 0.1) is 6.04 Å². The zero-order valence-electron chi connectivity index (χ0n) is 22.0. The Labute approximate surface area is 229 Å². The quantitative estimate of drug-likeness (QED) is 0.378. The van der Waals surface area contributed by atoms with Gasteiger partial charge in [0.25, 0.3) is 5.91 Å². The lowest BCUT2D eigenvalue weighted by molar-refractivity contribution is -0.133. The van der Waals surface area contributed by atoms with Gasteiger partial charge in [-0.3, -0.25) is 9.59 Å². The van der Waals surface area contributed by atoms with Crippen LogP contribution in [-0.4, -0.2) is 39.2 Å². The molecule has 38 heavy (non-hydrogen) atoms. The molecular formula is C32H36ClN3O2. The molecule has 4 fully saturated rings. The molecule has 2 N–H and O–H groups in total. The lowest BCUT2D eigenvalue weighted by Gasteiger charge is -2.56. The minimum absolute atomic E-state index is 0.00888. The van der Waals surface area contributed by atoms with E-state index < -0.39 is 0 Å². The number of hydrogen-bond donors (Lipinski definition) is 2. The zero-order valence-corrected chi connectivity index (χ0v) is 22.8. The Kier molecular flexibility index (Phi) is 5.84. The zero-order chi connectivity index (χ0) is 26.0. The third-order valence-corrected chi connectivity index (χ3v) is 10.2. The van der Waals surface area contributed by atoms with Gasteiger partial charge in [-0.1, -0.05) is 37.3 Å². The van der Waals surface area contributed by atoms with E-state index in [2.05, 4.69) is 35.4 Å². The standard InChI is InChI=1S/C32H36ClN3O2/c1-2-24-14-26-25-5-3-4-6-27(25)34-29(26)30(36(24)28(37)18-33)22-7-9-23(10-8-22)31(38)35-32-15-19-11-20(16-32)13-21(12-19)17-32/h3-10,19-21,24,30,34H,2,11-18H2,1H3,(H,35,38)/t19?,20?,21?,24-,30-,32?/m0/s1. The highest BCUT2D eigenvalue weighted by atomic mass is 35.5. The molecule has 1 aromatic heterocycles. The largest absolute Gasteiger partial charge is 0.356 e. The van der Waals surface area contributed by atoms with E-state index in [0.29, 0.717) is 5.56 Å². The molecule has 4 aliphatic carbocycles. The molecule has 2 atom stereocenters. The number of alkyl halides is 1. The van der Waals surface area contributed by atoms with Crippen LogP contribution in [0.1, 0.15) is 85.1 Å². The summed E-state index contributed by atoms with van der Waals surface area (Å²) in [4.78, 5) is 32.2. The fourth-order valence-electron chi connectivity index (χ4n) is 8.84. The Morgan fingerprint density at radius 1 is 1.00 bits per heavy atom. The van der Waals surface area contributed by atoms with Crippen LogP contribution in [0.25, 0.3) is 10.9 Å². The molecule has 3 aromatic rings. The predicted molar refractivity (Wildman–Crippen MR) is 150 cm³/mol. The van der Waals surface area contributed by atoms with Crippen LogP contribution in [0.4, 0.5) is 0 Å². The summed E-state index contributed by atoms with van der Waals surface area (Å²) in [6, 6.07) is 16.1. The summed E-state index contributed by atoms with van der Waals surface area (Å²) < 4.78 is 0. The summed E-state index contributed by atoms with van der Waals surface area (Å²) >= 11 is 6.13. The van der Waals surface area contributed by atoms with Gasteiger partial charge in [-0.05, 0) is 98.4 Å². The third-order valence-electron chi connectivity index (χ3n) is 10.0. The van der Waals surface area contributed by atoms with E-state index in [4.69, 9.17) is 11.6 Å². The van der Waals surface area contributed by atoms with Crippen LogP contribution in [0.3, 0.4) is 0 Å². The van der Waals surface area contributed by atoms with Crippen LogP contribution in [0.2, 0.25) is 0 Å². The molecule has 2 amide bonds. The van der Waals surface area contributed by atoms with Crippen molar-refractivity contribution in [3.8, 4) is 0 Å². The Bertz CT molecular complexity index is 1360. The first-order valence-corrected chi connectivity index (χ1v) is 14.9. The van der Waals surface area contributed by atoms with E-state index in [1.54, 1.807) is 0 Å². The van der Waals surface area contributed by atoms with Crippen LogP contribution < -0.4 is 5.32 Å². The molecule has 5 nitrogen and oxygen atoms in total. The number of benzene rings is 2. The lowest BCUT2D eigenvalue weighted by atomic mass is 9.53. The number of rotatable bonds is 5. The van der Waals surface area contributed by atoms with Crippen molar-refractivity contribution in [3.05, 3.63) is 70.9 Å². The first-order valence-electron chi connectivity index (χ1n) is 14.4. The Morgan fingerprint density at radius 2 is 1.66 bits per heavy atom. The van der Waals surface area contributed by atoms with Gasteiger partial charge in [-0.15, -0.1) is 11.6 Å². The van der Waals surface area contributed by atoms with Crippen molar-refractivity contribution >= 4 is 34.3 Å². The minimum atomic E-state index is -0.261. The fourth-order valence-corrected chi connectivity index (χ4v) is 8.97. The highest BCUT2D eigenvalue weighted by Crippen LogP contribution is 2.55. The summed E-state index contributed by atoms with van der Waals surface area (Å²) in [5.74, 6) is 2.30.